The van der Waals surface area contributed by atoms with Crippen LogP contribution in [0.2, 0.25) is 0 Å². The fourth-order valence-corrected chi connectivity index (χ4v) is 1.41. The smallest absolute Gasteiger partial charge is 0.305 e. The molecule has 1 fully saturated rings. The second kappa shape index (κ2) is 4.42. The molecule has 4 nitrogen and oxygen atoms in total. The highest BCUT2D eigenvalue weighted by Gasteiger charge is 2.23. The molecule has 0 amide bonds. The molecule has 2 N–H and O–H groups in total. The van der Waals surface area contributed by atoms with Crippen LogP contribution < -0.4 is 0 Å². The molecule has 2 unspecified atom stereocenters. The van der Waals surface area contributed by atoms with Crippen LogP contribution in [0.15, 0.2) is 0 Å². The van der Waals surface area contributed by atoms with Crippen molar-refractivity contribution in [3.05, 3.63) is 0 Å². The molecular formula is C8H14O4. The first-order valence-electron chi connectivity index (χ1n) is 4.17. The van der Waals surface area contributed by atoms with Crippen LogP contribution in [-0.4, -0.2) is 35.5 Å². The summed E-state index contributed by atoms with van der Waals surface area (Å²) in [5.74, 6) is -0.942. The second-order valence-electron chi connectivity index (χ2n) is 3.14. The monoisotopic (exact) mass is 174 g/mol. The number of hydrogen-bond acceptors (Lipinski definition) is 3. The molecule has 0 radical (unpaired) electrons. The lowest BCUT2D eigenvalue weighted by molar-refractivity contribution is -0.140. The van der Waals surface area contributed by atoms with Gasteiger partial charge in [-0.2, -0.15) is 0 Å². The zero-order chi connectivity index (χ0) is 8.97. The third-order valence-corrected chi connectivity index (χ3v) is 2.12. The molecule has 0 spiro atoms. The molecule has 1 rings (SSSR count). The second-order valence-corrected chi connectivity index (χ2v) is 3.14. The van der Waals surface area contributed by atoms with E-state index in [2.05, 4.69) is 0 Å². The van der Waals surface area contributed by atoms with Crippen LogP contribution >= 0.6 is 0 Å². The topological polar surface area (TPSA) is 66.8 Å². The molecule has 0 bridgehead atoms. The van der Waals surface area contributed by atoms with Crippen LogP contribution in [0.5, 0.6) is 0 Å². The summed E-state index contributed by atoms with van der Waals surface area (Å²) in [7, 11) is 0. The van der Waals surface area contributed by atoms with E-state index >= 15 is 0 Å². The Hall–Kier alpha value is -0.610. The van der Waals surface area contributed by atoms with Crippen molar-refractivity contribution in [1.29, 1.82) is 0 Å². The molecule has 0 aliphatic carbocycles. The molecule has 1 aliphatic rings. The van der Waals surface area contributed by atoms with Gasteiger partial charge in [-0.3, -0.25) is 4.79 Å². The molecular weight excluding hydrogens is 160 g/mol. The number of carbonyl (C=O) groups is 1. The summed E-state index contributed by atoms with van der Waals surface area (Å²) < 4.78 is 5.13. The number of aliphatic hydroxyl groups is 1. The van der Waals surface area contributed by atoms with E-state index in [1.807, 2.05) is 0 Å². The van der Waals surface area contributed by atoms with Crippen molar-refractivity contribution in [3.8, 4) is 0 Å². The van der Waals surface area contributed by atoms with E-state index in [-0.39, 0.29) is 12.3 Å². The van der Waals surface area contributed by atoms with Gasteiger partial charge in [-0.15, -0.1) is 0 Å². The van der Waals surface area contributed by atoms with Gasteiger partial charge in [-0.1, -0.05) is 0 Å². The van der Waals surface area contributed by atoms with Crippen molar-refractivity contribution in [2.45, 2.75) is 25.4 Å². The summed E-state index contributed by atoms with van der Waals surface area (Å²) in [6, 6.07) is 0. The molecule has 0 aromatic rings. The lowest BCUT2D eigenvalue weighted by atomic mass is 9.94. The first-order chi connectivity index (χ1) is 5.70. The summed E-state index contributed by atoms with van der Waals surface area (Å²) in [5, 5.41) is 17.8. The van der Waals surface area contributed by atoms with E-state index in [9.17, 15) is 9.90 Å². The summed E-state index contributed by atoms with van der Waals surface area (Å²) >= 11 is 0. The van der Waals surface area contributed by atoms with Gasteiger partial charge in [0.15, 0.2) is 0 Å². The van der Waals surface area contributed by atoms with Gasteiger partial charge in [0, 0.05) is 12.5 Å². The molecule has 4 heteroatoms. The zero-order valence-electron chi connectivity index (χ0n) is 6.90. The fraction of sp³-hybridized carbons (Fsp3) is 0.875. The Kier molecular flexibility index (Phi) is 3.49. The van der Waals surface area contributed by atoms with Gasteiger partial charge in [0.05, 0.1) is 19.1 Å². The third-order valence-electron chi connectivity index (χ3n) is 2.12. The summed E-state index contributed by atoms with van der Waals surface area (Å²) in [5.41, 5.74) is 0. The quantitative estimate of drug-likeness (QED) is 0.643. The van der Waals surface area contributed by atoms with Crippen LogP contribution in [0.1, 0.15) is 19.3 Å². The minimum Gasteiger partial charge on any atom is -0.481 e. The van der Waals surface area contributed by atoms with Crippen LogP contribution in [0.25, 0.3) is 0 Å². The number of aliphatic hydroxyl groups excluding tert-OH is 1. The van der Waals surface area contributed by atoms with Crippen molar-refractivity contribution in [1.82, 2.24) is 0 Å². The minimum atomic E-state index is -0.951. The Morgan fingerprint density at radius 2 is 2.42 bits per heavy atom. The maximum Gasteiger partial charge on any atom is 0.305 e. The van der Waals surface area contributed by atoms with Gasteiger partial charge >= 0.3 is 5.97 Å². The number of carboxylic acids is 1. The Labute approximate surface area is 71.2 Å². The molecule has 0 aromatic carbocycles. The summed E-state index contributed by atoms with van der Waals surface area (Å²) in [6.07, 6.45) is 0.867. The zero-order valence-corrected chi connectivity index (χ0v) is 6.90. The van der Waals surface area contributed by atoms with Gasteiger partial charge in [-0.05, 0) is 12.8 Å². The van der Waals surface area contributed by atoms with Crippen LogP contribution in [0.4, 0.5) is 0 Å². The van der Waals surface area contributed by atoms with Crippen molar-refractivity contribution in [3.63, 3.8) is 0 Å². The number of rotatable bonds is 3. The molecule has 1 saturated heterocycles. The molecule has 0 saturated carbocycles. The maximum absolute atomic E-state index is 10.3. The van der Waals surface area contributed by atoms with Crippen molar-refractivity contribution in [2.24, 2.45) is 5.92 Å². The average molecular weight is 174 g/mol. The molecule has 0 aromatic heterocycles. The maximum atomic E-state index is 10.3. The lowest BCUT2D eigenvalue weighted by Crippen LogP contribution is -2.30. The molecule has 1 heterocycles. The molecule has 12 heavy (non-hydrogen) atoms. The van der Waals surface area contributed by atoms with Gasteiger partial charge in [0.25, 0.3) is 0 Å². The number of hydrogen-bond donors (Lipinski definition) is 2. The van der Waals surface area contributed by atoms with E-state index in [1.165, 1.54) is 0 Å². The Morgan fingerprint density at radius 1 is 1.67 bits per heavy atom. The van der Waals surface area contributed by atoms with Crippen molar-refractivity contribution in [2.75, 3.05) is 13.2 Å². The fourth-order valence-electron chi connectivity index (χ4n) is 1.41. The third kappa shape index (κ3) is 2.79. The van der Waals surface area contributed by atoms with E-state index in [0.29, 0.717) is 6.61 Å². The summed E-state index contributed by atoms with van der Waals surface area (Å²) in [4.78, 5) is 10.3. The van der Waals surface area contributed by atoms with Gasteiger partial charge in [0.2, 0.25) is 0 Å². The van der Waals surface area contributed by atoms with Crippen LogP contribution in [-0.2, 0) is 9.53 Å². The number of aliphatic carboxylic acids is 1. The predicted molar refractivity (Wildman–Crippen MR) is 41.8 cm³/mol. The Bertz CT molecular complexity index is 151. The van der Waals surface area contributed by atoms with Crippen LogP contribution in [0.3, 0.4) is 0 Å². The van der Waals surface area contributed by atoms with Gasteiger partial charge in [0.1, 0.15) is 0 Å². The van der Waals surface area contributed by atoms with Crippen molar-refractivity contribution < 1.29 is 19.7 Å². The van der Waals surface area contributed by atoms with Crippen LogP contribution in [0, 0.1) is 5.92 Å². The first-order valence-corrected chi connectivity index (χ1v) is 4.17. The number of carboxylic acid groups (broad SMARTS) is 1. The van der Waals surface area contributed by atoms with Gasteiger partial charge in [-0.25, -0.2) is 0 Å². The average Bonchev–Trinajstić information content (AvgIpc) is 2.05. The van der Waals surface area contributed by atoms with E-state index in [1.54, 1.807) is 0 Å². The predicted octanol–water partition coefficient (Wildman–Crippen LogP) is 0.249. The van der Waals surface area contributed by atoms with E-state index in [0.717, 1.165) is 19.4 Å². The SMILES string of the molecule is O=C(O)CC(O)C1CCCOC1. The van der Waals surface area contributed by atoms with Gasteiger partial charge < -0.3 is 14.9 Å². The largest absolute Gasteiger partial charge is 0.481 e. The minimum absolute atomic E-state index is 0.00912. The highest BCUT2D eigenvalue weighted by atomic mass is 16.5. The normalized spacial score (nSPS) is 26.6. The highest BCUT2D eigenvalue weighted by molar-refractivity contribution is 5.67. The first kappa shape index (κ1) is 9.48. The molecule has 70 valence electrons. The Morgan fingerprint density at radius 3 is 2.92 bits per heavy atom. The molecule has 2 atom stereocenters. The Balaban J connectivity index is 2.29. The lowest BCUT2D eigenvalue weighted by Gasteiger charge is -2.25. The number of ether oxygens (including phenoxy) is 1. The molecule has 1 aliphatic heterocycles. The highest BCUT2D eigenvalue weighted by Crippen LogP contribution is 2.19. The van der Waals surface area contributed by atoms with Crippen molar-refractivity contribution >= 4 is 5.97 Å². The van der Waals surface area contributed by atoms with E-state index in [4.69, 9.17) is 9.84 Å². The standard InChI is InChI=1S/C8H14O4/c9-7(4-8(10)11)6-2-1-3-12-5-6/h6-7,9H,1-5H2,(H,10,11). The van der Waals surface area contributed by atoms with E-state index < -0.39 is 12.1 Å². The summed E-state index contributed by atoms with van der Waals surface area (Å²) in [6.45, 7) is 1.23.